The normalized spacial score (nSPS) is 11.3. The number of carbonyl (C=O) groups is 1. The van der Waals surface area contributed by atoms with Gasteiger partial charge in [0.15, 0.2) is 0 Å². The fraction of sp³-hybridized carbons (Fsp3) is 0.188. The molecule has 2 N–H and O–H groups in total. The molecule has 23 heavy (non-hydrogen) atoms. The standard InChI is InChI=1S/C16H17ClN2O3S/c1-11(2)18-16(20)12-4-3-5-15(10-12)23(21,22)19-14-8-6-13(17)7-9-14/h3-11,19H,1-2H3,(H,18,20). The van der Waals surface area contributed by atoms with Gasteiger partial charge in [-0.3, -0.25) is 9.52 Å². The summed E-state index contributed by atoms with van der Waals surface area (Å²) < 4.78 is 27.3. The lowest BCUT2D eigenvalue weighted by atomic mass is 10.2. The number of nitrogens with one attached hydrogen (secondary N) is 2. The first-order valence-corrected chi connectivity index (χ1v) is 8.83. The summed E-state index contributed by atoms with van der Waals surface area (Å²) in [6.45, 7) is 3.67. The van der Waals surface area contributed by atoms with E-state index in [1.807, 2.05) is 13.8 Å². The largest absolute Gasteiger partial charge is 0.350 e. The van der Waals surface area contributed by atoms with Gasteiger partial charge in [-0.25, -0.2) is 8.42 Å². The number of hydrogen-bond acceptors (Lipinski definition) is 3. The van der Waals surface area contributed by atoms with Crippen molar-refractivity contribution < 1.29 is 13.2 Å². The number of benzene rings is 2. The Morgan fingerprint density at radius 2 is 1.74 bits per heavy atom. The highest BCUT2D eigenvalue weighted by molar-refractivity contribution is 7.92. The van der Waals surface area contributed by atoms with Crippen molar-refractivity contribution in [3.63, 3.8) is 0 Å². The Labute approximate surface area is 140 Å². The van der Waals surface area contributed by atoms with Gasteiger partial charge >= 0.3 is 0 Å². The lowest BCUT2D eigenvalue weighted by Crippen LogP contribution is -2.30. The quantitative estimate of drug-likeness (QED) is 0.867. The summed E-state index contributed by atoms with van der Waals surface area (Å²) in [4.78, 5) is 12.0. The summed E-state index contributed by atoms with van der Waals surface area (Å²) in [7, 11) is -3.78. The van der Waals surface area contributed by atoms with Crippen LogP contribution in [0.15, 0.2) is 53.4 Å². The van der Waals surface area contributed by atoms with Gasteiger partial charge in [-0.05, 0) is 56.3 Å². The second-order valence-electron chi connectivity index (χ2n) is 5.27. The van der Waals surface area contributed by atoms with Crippen LogP contribution in [0.4, 0.5) is 5.69 Å². The zero-order valence-electron chi connectivity index (χ0n) is 12.7. The van der Waals surface area contributed by atoms with Gasteiger partial charge in [-0.1, -0.05) is 17.7 Å². The molecule has 2 rings (SSSR count). The van der Waals surface area contributed by atoms with Crippen LogP contribution in [-0.4, -0.2) is 20.4 Å². The molecular weight excluding hydrogens is 336 g/mol. The van der Waals surface area contributed by atoms with E-state index < -0.39 is 10.0 Å². The summed E-state index contributed by atoms with van der Waals surface area (Å²) in [5, 5.41) is 3.24. The minimum absolute atomic E-state index is 0.0175. The number of halogens is 1. The second-order valence-corrected chi connectivity index (χ2v) is 7.39. The van der Waals surface area contributed by atoms with Crippen molar-refractivity contribution in [2.45, 2.75) is 24.8 Å². The molecule has 0 unspecified atom stereocenters. The smallest absolute Gasteiger partial charge is 0.261 e. The number of rotatable bonds is 5. The molecular formula is C16H17ClN2O3S. The molecule has 0 aliphatic carbocycles. The molecule has 0 fully saturated rings. The van der Waals surface area contributed by atoms with Crippen LogP contribution >= 0.6 is 11.6 Å². The maximum absolute atomic E-state index is 12.4. The fourth-order valence-electron chi connectivity index (χ4n) is 1.88. The van der Waals surface area contributed by atoms with Crippen molar-refractivity contribution in [1.29, 1.82) is 0 Å². The molecule has 1 amide bonds. The maximum atomic E-state index is 12.4. The third-order valence-electron chi connectivity index (χ3n) is 2.92. The molecule has 0 radical (unpaired) electrons. The predicted octanol–water partition coefficient (Wildman–Crippen LogP) is 3.28. The average Bonchev–Trinajstić information content (AvgIpc) is 2.49. The SMILES string of the molecule is CC(C)NC(=O)c1cccc(S(=O)(=O)Nc2ccc(Cl)cc2)c1. The third kappa shape index (κ3) is 4.71. The van der Waals surface area contributed by atoms with Crippen LogP contribution in [-0.2, 0) is 10.0 Å². The third-order valence-corrected chi connectivity index (χ3v) is 4.55. The zero-order chi connectivity index (χ0) is 17.0. The molecule has 0 aliphatic rings. The zero-order valence-corrected chi connectivity index (χ0v) is 14.3. The van der Waals surface area contributed by atoms with E-state index >= 15 is 0 Å². The Morgan fingerprint density at radius 3 is 2.35 bits per heavy atom. The first-order valence-electron chi connectivity index (χ1n) is 6.97. The average molecular weight is 353 g/mol. The van der Waals surface area contributed by atoms with Gasteiger partial charge in [0.25, 0.3) is 15.9 Å². The summed E-state index contributed by atoms with van der Waals surface area (Å²) in [6, 6.07) is 12.2. The summed E-state index contributed by atoms with van der Waals surface area (Å²) in [5.74, 6) is -0.316. The minimum atomic E-state index is -3.78. The minimum Gasteiger partial charge on any atom is -0.350 e. The van der Waals surface area contributed by atoms with E-state index in [1.54, 1.807) is 30.3 Å². The molecule has 0 bridgehead atoms. The molecule has 0 atom stereocenters. The molecule has 2 aromatic carbocycles. The molecule has 0 aromatic heterocycles. The van der Waals surface area contributed by atoms with Crippen LogP contribution in [0.1, 0.15) is 24.2 Å². The molecule has 0 aliphatic heterocycles. The van der Waals surface area contributed by atoms with E-state index in [9.17, 15) is 13.2 Å². The van der Waals surface area contributed by atoms with E-state index in [-0.39, 0.29) is 22.4 Å². The van der Waals surface area contributed by atoms with Crippen molar-refractivity contribution in [1.82, 2.24) is 5.32 Å². The van der Waals surface area contributed by atoms with Gasteiger partial charge in [-0.15, -0.1) is 0 Å². The number of sulfonamides is 1. The fourth-order valence-corrected chi connectivity index (χ4v) is 3.11. The summed E-state index contributed by atoms with van der Waals surface area (Å²) in [6.07, 6.45) is 0. The summed E-state index contributed by atoms with van der Waals surface area (Å²) >= 11 is 5.78. The van der Waals surface area contributed by atoms with E-state index in [1.165, 1.54) is 18.2 Å². The lowest BCUT2D eigenvalue weighted by molar-refractivity contribution is 0.0943. The van der Waals surface area contributed by atoms with Crippen LogP contribution in [0.2, 0.25) is 5.02 Å². The first kappa shape index (κ1) is 17.3. The van der Waals surface area contributed by atoms with Gasteiger partial charge in [-0.2, -0.15) is 0 Å². The van der Waals surface area contributed by atoms with Gasteiger partial charge in [0.05, 0.1) is 4.90 Å². The Morgan fingerprint density at radius 1 is 1.09 bits per heavy atom. The lowest BCUT2D eigenvalue weighted by Gasteiger charge is -2.11. The summed E-state index contributed by atoms with van der Waals surface area (Å²) in [5.41, 5.74) is 0.684. The van der Waals surface area contributed by atoms with Crippen LogP contribution in [0, 0.1) is 0 Å². The van der Waals surface area contributed by atoms with Gasteiger partial charge < -0.3 is 5.32 Å². The Kier molecular flexibility index (Phi) is 5.28. The number of carbonyl (C=O) groups excluding carboxylic acids is 1. The van der Waals surface area contributed by atoms with Gasteiger partial charge in [0.1, 0.15) is 0 Å². The number of hydrogen-bond donors (Lipinski definition) is 2. The molecule has 0 saturated heterocycles. The van der Waals surface area contributed by atoms with Crippen molar-refractivity contribution in [3.8, 4) is 0 Å². The molecule has 0 saturated carbocycles. The maximum Gasteiger partial charge on any atom is 0.261 e. The molecule has 0 heterocycles. The topological polar surface area (TPSA) is 75.3 Å². The van der Waals surface area contributed by atoms with E-state index in [4.69, 9.17) is 11.6 Å². The highest BCUT2D eigenvalue weighted by Crippen LogP contribution is 2.19. The van der Waals surface area contributed by atoms with Gasteiger partial charge in [0, 0.05) is 22.3 Å². The molecule has 2 aromatic rings. The van der Waals surface area contributed by atoms with Crippen LogP contribution in [0.3, 0.4) is 0 Å². The molecule has 122 valence electrons. The molecule has 0 spiro atoms. The van der Waals surface area contributed by atoms with Crippen LogP contribution < -0.4 is 10.0 Å². The Balaban J connectivity index is 2.26. The first-order chi connectivity index (χ1) is 10.8. The van der Waals surface area contributed by atoms with Crippen molar-refractivity contribution in [2.75, 3.05) is 4.72 Å². The monoisotopic (exact) mass is 352 g/mol. The van der Waals surface area contributed by atoms with E-state index in [2.05, 4.69) is 10.0 Å². The predicted molar refractivity (Wildman–Crippen MR) is 91.3 cm³/mol. The van der Waals surface area contributed by atoms with Crippen molar-refractivity contribution >= 4 is 33.2 Å². The Hall–Kier alpha value is -2.05. The second kappa shape index (κ2) is 7.02. The molecule has 7 heteroatoms. The highest BCUT2D eigenvalue weighted by atomic mass is 35.5. The number of anilines is 1. The van der Waals surface area contributed by atoms with E-state index in [0.717, 1.165) is 0 Å². The van der Waals surface area contributed by atoms with Gasteiger partial charge in [0.2, 0.25) is 0 Å². The Bertz CT molecular complexity index is 802. The van der Waals surface area contributed by atoms with Crippen LogP contribution in [0.25, 0.3) is 0 Å². The van der Waals surface area contributed by atoms with Crippen molar-refractivity contribution in [2.24, 2.45) is 0 Å². The number of amides is 1. The molecule has 5 nitrogen and oxygen atoms in total. The van der Waals surface area contributed by atoms with E-state index in [0.29, 0.717) is 10.7 Å². The van der Waals surface area contributed by atoms with Crippen LogP contribution in [0.5, 0.6) is 0 Å². The highest BCUT2D eigenvalue weighted by Gasteiger charge is 2.16. The van der Waals surface area contributed by atoms with Crippen molar-refractivity contribution in [3.05, 3.63) is 59.1 Å².